The smallest absolute Gasteiger partial charge is 0.0431 e. The Kier molecular flexibility index (Phi) is 9.33. The molecule has 0 bridgehead atoms. The van der Waals surface area contributed by atoms with Gasteiger partial charge in [-0.15, -0.1) is 0 Å². The summed E-state index contributed by atoms with van der Waals surface area (Å²) in [4.78, 5) is 2.36. The van der Waals surface area contributed by atoms with E-state index in [4.69, 9.17) is 5.11 Å². The summed E-state index contributed by atoms with van der Waals surface area (Å²) < 4.78 is 0. The first-order valence-corrected chi connectivity index (χ1v) is 7.37. The molecule has 1 aromatic carbocycles. The zero-order valence-electron chi connectivity index (χ0n) is 12.1. The minimum atomic E-state index is 0.324. The Hall–Kier alpha value is -0.900. The summed E-state index contributed by atoms with van der Waals surface area (Å²) in [7, 11) is 2.17. The minimum absolute atomic E-state index is 0.324. The Labute approximate surface area is 117 Å². The van der Waals surface area contributed by atoms with Gasteiger partial charge in [0.15, 0.2) is 0 Å². The molecule has 3 nitrogen and oxygen atoms in total. The van der Waals surface area contributed by atoms with Crippen LogP contribution in [0.2, 0.25) is 0 Å². The lowest BCUT2D eigenvalue weighted by Gasteiger charge is -2.16. The maximum Gasteiger partial charge on any atom is 0.0431 e. The van der Waals surface area contributed by atoms with Gasteiger partial charge >= 0.3 is 0 Å². The Balaban J connectivity index is 1.94. The number of nitrogens with zero attached hydrogens (tertiary/aromatic N) is 1. The van der Waals surface area contributed by atoms with Crippen LogP contribution in [0.25, 0.3) is 0 Å². The second-order valence-corrected chi connectivity index (χ2v) is 5.11. The van der Waals surface area contributed by atoms with Crippen LogP contribution in [0.3, 0.4) is 0 Å². The van der Waals surface area contributed by atoms with E-state index < -0.39 is 0 Å². The molecular weight excluding hydrogens is 236 g/mol. The molecule has 1 rings (SSSR count). The van der Waals surface area contributed by atoms with E-state index >= 15 is 0 Å². The van der Waals surface area contributed by atoms with Crippen LogP contribution in [0.15, 0.2) is 30.3 Å². The molecule has 0 fully saturated rings. The molecule has 0 atom stereocenters. The molecule has 0 unspecified atom stereocenters. The van der Waals surface area contributed by atoms with Gasteiger partial charge in [0.05, 0.1) is 0 Å². The van der Waals surface area contributed by atoms with E-state index in [9.17, 15) is 0 Å². The van der Waals surface area contributed by atoms with Crippen molar-refractivity contribution in [2.45, 2.75) is 32.2 Å². The molecule has 0 heterocycles. The molecule has 0 aliphatic rings. The molecule has 19 heavy (non-hydrogen) atoms. The normalized spacial score (nSPS) is 11.1. The zero-order chi connectivity index (χ0) is 13.8. The molecule has 0 aromatic heterocycles. The van der Waals surface area contributed by atoms with Crippen LogP contribution in [0, 0.1) is 0 Å². The molecule has 0 saturated heterocycles. The van der Waals surface area contributed by atoms with E-state index in [1.807, 2.05) is 0 Å². The lowest BCUT2D eigenvalue weighted by atomic mass is 10.2. The third kappa shape index (κ3) is 8.76. The summed E-state index contributed by atoms with van der Waals surface area (Å²) >= 11 is 0. The van der Waals surface area contributed by atoms with E-state index in [-0.39, 0.29) is 0 Å². The van der Waals surface area contributed by atoms with Gasteiger partial charge in [0.25, 0.3) is 0 Å². The van der Waals surface area contributed by atoms with Crippen molar-refractivity contribution >= 4 is 0 Å². The average Bonchev–Trinajstić information content (AvgIpc) is 2.43. The van der Waals surface area contributed by atoms with E-state index in [0.29, 0.717) is 6.61 Å². The number of rotatable bonds is 11. The number of aliphatic hydroxyl groups excluding tert-OH is 1. The first-order valence-electron chi connectivity index (χ1n) is 7.37. The Morgan fingerprint density at radius 1 is 1.00 bits per heavy atom. The number of benzene rings is 1. The predicted molar refractivity (Wildman–Crippen MR) is 81.2 cm³/mol. The highest BCUT2D eigenvalue weighted by molar-refractivity contribution is 5.14. The molecule has 2 N–H and O–H groups in total. The monoisotopic (exact) mass is 264 g/mol. The first-order chi connectivity index (χ1) is 9.33. The van der Waals surface area contributed by atoms with Crippen LogP contribution in [-0.4, -0.2) is 43.3 Å². The average molecular weight is 264 g/mol. The van der Waals surface area contributed by atoms with E-state index in [2.05, 4.69) is 47.6 Å². The van der Waals surface area contributed by atoms with Gasteiger partial charge in [-0.2, -0.15) is 0 Å². The zero-order valence-corrected chi connectivity index (χ0v) is 12.1. The number of hydrogen-bond donors (Lipinski definition) is 2. The second kappa shape index (κ2) is 11.0. The number of aliphatic hydroxyl groups is 1. The SMILES string of the molecule is CN(CCCNCCCCCO)Cc1ccccc1. The van der Waals surface area contributed by atoms with E-state index in [1.165, 1.54) is 18.4 Å². The Morgan fingerprint density at radius 2 is 1.74 bits per heavy atom. The second-order valence-electron chi connectivity index (χ2n) is 5.11. The fourth-order valence-corrected chi connectivity index (χ4v) is 2.11. The molecule has 0 saturated carbocycles. The first kappa shape index (κ1) is 16.2. The lowest BCUT2D eigenvalue weighted by molar-refractivity contribution is 0.282. The van der Waals surface area contributed by atoms with Gasteiger partial charge in [0.2, 0.25) is 0 Å². The van der Waals surface area contributed by atoms with Gasteiger partial charge in [-0.05, 0) is 57.9 Å². The van der Waals surface area contributed by atoms with Gasteiger partial charge in [-0.25, -0.2) is 0 Å². The van der Waals surface area contributed by atoms with Crippen LogP contribution in [0.5, 0.6) is 0 Å². The largest absolute Gasteiger partial charge is 0.396 e. The Bertz CT molecular complexity index is 303. The summed E-state index contributed by atoms with van der Waals surface area (Å²) in [6.07, 6.45) is 4.41. The maximum atomic E-state index is 8.66. The number of unbranched alkanes of at least 4 members (excludes halogenated alkanes) is 2. The van der Waals surface area contributed by atoms with Crippen molar-refractivity contribution in [3.8, 4) is 0 Å². The molecule has 0 aliphatic heterocycles. The Morgan fingerprint density at radius 3 is 2.47 bits per heavy atom. The summed E-state index contributed by atoms with van der Waals surface area (Å²) in [5, 5.41) is 12.1. The van der Waals surface area contributed by atoms with Crippen molar-refractivity contribution < 1.29 is 5.11 Å². The van der Waals surface area contributed by atoms with E-state index in [1.54, 1.807) is 0 Å². The third-order valence-corrected chi connectivity index (χ3v) is 3.20. The minimum Gasteiger partial charge on any atom is -0.396 e. The van der Waals surface area contributed by atoms with E-state index in [0.717, 1.165) is 39.0 Å². The van der Waals surface area contributed by atoms with Crippen molar-refractivity contribution in [1.29, 1.82) is 0 Å². The molecule has 1 aromatic rings. The lowest BCUT2D eigenvalue weighted by Crippen LogP contribution is -2.24. The number of hydrogen-bond acceptors (Lipinski definition) is 3. The topological polar surface area (TPSA) is 35.5 Å². The van der Waals surface area contributed by atoms with Crippen LogP contribution in [0.4, 0.5) is 0 Å². The van der Waals surface area contributed by atoms with Crippen LogP contribution in [-0.2, 0) is 6.54 Å². The van der Waals surface area contributed by atoms with Gasteiger partial charge < -0.3 is 15.3 Å². The molecule has 0 amide bonds. The van der Waals surface area contributed by atoms with Crippen molar-refractivity contribution in [3.63, 3.8) is 0 Å². The molecule has 0 radical (unpaired) electrons. The maximum absolute atomic E-state index is 8.66. The summed E-state index contributed by atoms with van der Waals surface area (Å²) in [5.41, 5.74) is 1.38. The standard InChI is InChI=1S/C16H28N2O/c1-18(15-16-9-4-2-5-10-16)13-8-12-17-11-6-3-7-14-19/h2,4-5,9-10,17,19H,3,6-8,11-15H2,1H3. The molecule has 108 valence electrons. The number of nitrogens with one attached hydrogen (secondary N) is 1. The van der Waals surface area contributed by atoms with Crippen molar-refractivity contribution in [1.82, 2.24) is 10.2 Å². The van der Waals surface area contributed by atoms with Gasteiger partial charge in [0, 0.05) is 13.2 Å². The molecule has 0 aliphatic carbocycles. The van der Waals surface area contributed by atoms with Crippen LogP contribution >= 0.6 is 0 Å². The highest BCUT2D eigenvalue weighted by Crippen LogP contribution is 2.02. The third-order valence-electron chi connectivity index (χ3n) is 3.20. The highest BCUT2D eigenvalue weighted by atomic mass is 16.2. The summed E-state index contributed by atoms with van der Waals surface area (Å²) in [6.45, 7) is 4.63. The van der Waals surface area contributed by atoms with Gasteiger partial charge in [-0.1, -0.05) is 30.3 Å². The van der Waals surface area contributed by atoms with Crippen LogP contribution < -0.4 is 5.32 Å². The summed E-state index contributed by atoms with van der Waals surface area (Å²) in [6, 6.07) is 10.6. The highest BCUT2D eigenvalue weighted by Gasteiger charge is 1.99. The van der Waals surface area contributed by atoms with Gasteiger partial charge in [0.1, 0.15) is 0 Å². The molecular formula is C16H28N2O. The van der Waals surface area contributed by atoms with Crippen molar-refractivity contribution in [3.05, 3.63) is 35.9 Å². The van der Waals surface area contributed by atoms with Crippen molar-refractivity contribution in [2.24, 2.45) is 0 Å². The summed E-state index contributed by atoms with van der Waals surface area (Å²) in [5.74, 6) is 0. The molecule has 3 heteroatoms. The fraction of sp³-hybridized carbons (Fsp3) is 0.625. The quantitative estimate of drug-likeness (QED) is 0.602. The van der Waals surface area contributed by atoms with Crippen molar-refractivity contribution in [2.75, 3.05) is 33.3 Å². The fourth-order valence-electron chi connectivity index (χ4n) is 2.11. The van der Waals surface area contributed by atoms with Gasteiger partial charge in [-0.3, -0.25) is 0 Å². The van der Waals surface area contributed by atoms with Crippen LogP contribution in [0.1, 0.15) is 31.2 Å². The predicted octanol–water partition coefficient (Wildman–Crippen LogP) is 2.26. The molecule has 0 spiro atoms.